The number of hydrogen-bond donors (Lipinski definition) is 1. The van der Waals surface area contributed by atoms with Gasteiger partial charge in [0.1, 0.15) is 5.82 Å². The molecule has 1 fully saturated rings. The van der Waals surface area contributed by atoms with Gasteiger partial charge in [0.05, 0.1) is 12.7 Å². The fourth-order valence-electron chi connectivity index (χ4n) is 4.29. The van der Waals surface area contributed by atoms with Crippen LogP contribution in [0.1, 0.15) is 48.3 Å². The molecular formula is C23H25F4NO2. The third-order valence-electron chi connectivity index (χ3n) is 5.79. The van der Waals surface area contributed by atoms with E-state index in [2.05, 4.69) is 5.32 Å². The molecule has 3 rings (SSSR count). The van der Waals surface area contributed by atoms with E-state index < -0.39 is 11.7 Å². The monoisotopic (exact) mass is 423 g/mol. The van der Waals surface area contributed by atoms with Crippen LogP contribution in [-0.2, 0) is 22.3 Å². The number of alkyl halides is 3. The fraction of sp³-hybridized carbons (Fsp3) is 0.435. The highest BCUT2D eigenvalue weighted by Crippen LogP contribution is 2.40. The molecular weight excluding hydrogens is 398 g/mol. The smallest absolute Gasteiger partial charge is 0.416 e. The molecule has 162 valence electrons. The largest absolute Gasteiger partial charge is 0.469 e. The lowest BCUT2D eigenvalue weighted by Crippen LogP contribution is -2.41. The second-order valence-electron chi connectivity index (χ2n) is 7.73. The van der Waals surface area contributed by atoms with Crippen molar-refractivity contribution < 1.29 is 27.1 Å². The van der Waals surface area contributed by atoms with Gasteiger partial charge >= 0.3 is 12.1 Å². The Hall–Kier alpha value is -2.41. The molecule has 0 saturated heterocycles. The minimum Gasteiger partial charge on any atom is -0.469 e. The van der Waals surface area contributed by atoms with E-state index >= 15 is 0 Å². The van der Waals surface area contributed by atoms with E-state index in [4.69, 9.17) is 4.74 Å². The summed E-state index contributed by atoms with van der Waals surface area (Å²) in [6.07, 6.45) is -1.44. The predicted molar refractivity (Wildman–Crippen MR) is 105 cm³/mol. The van der Waals surface area contributed by atoms with E-state index in [1.165, 1.54) is 31.4 Å². The summed E-state index contributed by atoms with van der Waals surface area (Å²) in [5.74, 6) is -0.585. The van der Waals surface area contributed by atoms with Gasteiger partial charge in [0.25, 0.3) is 0 Å². The number of methoxy groups -OCH3 is 1. The highest BCUT2D eigenvalue weighted by molar-refractivity contribution is 5.69. The first-order chi connectivity index (χ1) is 14.3. The molecule has 2 aromatic rings. The van der Waals surface area contributed by atoms with Crippen molar-refractivity contribution in [3.8, 4) is 0 Å². The zero-order valence-electron chi connectivity index (χ0n) is 16.7. The highest BCUT2D eigenvalue weighted by Gasteiger charge is 2.35. The van der Waals surface area contributed by atoms with E-state index in [0.29, 0.717) is 6.54 Å². The predicted octanol–water partition coefficient (Wildman–Crippen LogP) is 5.45. The number of nitrogens with one attached hydrogen (secondary N) is 1. The lowest BCUT2D eigenvalue weighted by Gasteiger charge is -2.39. The zero-order valence-corrected chi connectivity index (χ0v) is 16.7. The average molecular weight is 423 g/mol. The number of carbonyl (C=O) groups excluding carboxylic acids is 1. The minimum atomic E-state index is -4.36. The maximum atomic E-state index is 13.4. The first kappa shape index (κ1) is 22.3. The maximum absolute atomic E-state index is 13.4. The lowest BCUT2D eigenvalue weighted by molar-refractivity contribution is -0.142. The van der Waals surface area contributed by atoms with Gasteiger partial charge in [-0.05, 0) is 54.2 Å². The molecule has 0 spiro atoms. The summed E-state index contributed by atoms with van der Waals surface area (Å²) in [4.78, 5) is 11.9. The molecule has 1 N–H and O–H groups in total. The molecule has 2 aromatic carbocycles. The number of halogens is 4. The average Bonchev–Trinajstić information content (AvgIpc) is 2.72. The number of benzene rings is 2. The van der Waals surface area contributed by atoms with Crippen molar-refractivity contribution >= 4 is 5.97 Å². The molecule has 3 nitrogen and oxygen atoms in total. The van der Waals surface area contributed by atoms with Crippen molar-refractivity contribution in [2.24, 2.45) is 5.92 Å². The Morgan fingerprint density at radius 3 is 2.33 bits per heavy atom. The molecule has 0 aromatic heterocycles. The normalized spacial score (nSPS) is 22.0. The summed E-state index contributed by atoms with van der Waals surface area (Å²) in [5.41, 5.74) is 1.01. The van der Waals surface area contributed by atoms with Crippen LogP contribution in [0.2, 0.25) is 0 Å². The van der Waals surface area contributed by atoms with Crippen molar-refractivity contribution in [3.63, 3.8) is 0 Å². The van der Waals surface area contributed by atoms with Crippen LogP contribution in [-0.4, -0.2) is 19.1 Å². The molecule has 0 radical (unpaired) electrons. The van der Waals surface area contributed by atoms with Crippen molar-refractivity contribution in [1.82, 2.24) is 5.32 Å². The van der Waals surface area contributed by atoms with Gasteiger partial charge in [-0.3, -0.25) is 4.79 Å². The summed E-state index contributed by atoms with van der Waals surface area (Å²) in [7, 11) is 1.36. The van der Waals surface area contributed by atoms with Gasteiger partial charge in [-0.15, -0.1) is 0 Å². The Balaban J connectivity index is 1.76. The standard InChI is InChI=1S/C23H25F4NO2/c1-30-21(29)13-17-3-2-4-20(22(17)16-7-11-19(24)12-8-16)28-14-15-5-9-18(10-6-15)23(25,26)27/h5-12,17,20,22,28H,2-4,13-14H2,1H3/t17-,20-,22-/m1/s1. The first-order valence-corrected chi connectivity index (χ1v) is 9.99. The van der Waals surface area contributed by atoms with Crippen LogP contribution in [0.15, 0.2) is 48.5 Å². The van der Waals surface area contributed by atoms with E-state index in [0.717, 1.165) is 42.5 Å². The van der Waals surface area contributed by atoms with Gasteiger partial charge in [-0.1, -0.05) is 30.7 Å². The Labute approximate surface area is 173 Å². The molecule has 30 heavy (non-hydrogen) atoms. The number of hydrogen-bond acceptors (Lipinski definition) is 3. The highest BCUT2D eigenvalue weighted by atomic mass is 19.4. The Morgan fingerprint density at radius 2 is 1.73 bits per heavy atom. The van der Waals surface area contributed by atoms with Crippen LogP contribution in [0.3, 0.4) is 0 Å². The molecule has 1 aliphatic carbocycles. The molecule has 3 atom stereocenters. The Kier molecular flexibility index (Phi) is 7.13. The van der Waals surface area contributed by atoms with E-state index in [1.54, 1.807) is 12.1 Å². The number of carbonyl (C=O) groups is 1. The van der Waals surface area contributed by atoms with Crippen molar-refractivity contribution in [1.29, 1.82) is 0 Å². The molecule has 1 saturated carbocycles. The topological polar surface area (TPSA) is 38.3 Å². The summed E-state index contributed by atoms with van der Waals surface area (Å²) in [6.45, 7) is 0.408. The van der Waals surface area contributed by atoms with Crippen molar-refractivity contribution in [3.05, 3.63) is 71.0 Å². The van der Waals surface area contributed by atoms with Crippen LogP contribution in [0.4, 0.5) is 17.6 Å². The van der Waals surface area contributed by atoms with Crippen LogP contribution in [0, 0.1) is 11.7 Å². The summed E-state index contributed by atoms with van der Waals surface area (Å²) in [6, 6.07) is 11.4. The number of ether oxygens (including phenoxy) is 1. The van der Waals surface area contributed by atoms with Gasteiger partial charge in [-0.2, -0.15) is 13.2 Å². The third-order valence-corrected chi connectivity index (χ3v) is 5.79. The van der Waals surface area contributed by atoms with Gasteiger partial charge in [0.15, 0.2) is 0 Å². The zero-order chi connectivity index (χ0) is 21.7. The Morgan fingerprint density at radius 1 is 1.07 bits per heavy atom. The number of rotatable bonds is 6. The molecule has 0 bridgehead atoms. The second kappa shape index (κ2) is 9.60. The second-order valence-corrected chi connectivity index (χ2v) is 7.73. The van der Waals surface area contributed by atoms with E-state index in [9.17, 15) is 22.4 Å². The minimum absolute atomic E-state index is 0.0150. The molecule has 0 aliphatic heterocycles. The molecule has 0 heterocycles. The van der Waals surface area contributed by atoms with E-state index in [1.807, 2.05) is 0 Å². The first-order valence-electron chi connectivity index (χ1n) is 9.99. The molecule has 7 heteroatoms. The van der Waals surface area contributed by atoms with Gasteiger partial charge in [-0.25, -0.2) is 4.39 Å². The third kappa shape index (κ3) is 5.59. The van der Waals surface area contributed by atoms with Gasteiger partial charge in [0, 0.05) is 24.9 Å². The van der Waals surface area contributed by atoms with Gasteiger partial charge < -0.3 is 10.1 Å². The maximum Gasteiger partial charge on any atom is 0.416 e. The van der Waals surface area contributed by atoms with Crippen molar-refractivity contribution in [2.45, 2.75) is 50.4 Å². The van der Waals surface area contributed by atoms with E-state index in [-0.39, 0.29) is 36.1 Å². The quantitative estimate of drug-likeness (QED) is 0.496. The van der Waals surface area contributed by atoms with Crippen LogP contribution in [0.5, 0.6) is 0 Å². The Bertz CT molecular complexity index is 834. The summed E-state index contributed by atoms with van der Waals surface area (Å²) in [5, 5.41) is 3.45. The number of esters is 1. The van der Waals surface area contributed by atoms with Crippen LogP contribution < -0.4 is 5.32 Å². The van der Waals surface area contributed by atoms with Crippen LogP contribution in [0.25, 0.3) is 0 Å². The fourth-order valence-corrected chi connectivity index (χ4v) is 4.29. The molecule has 1 aliphatic rings. The summed E-state index contributed by atoms with van der Waals surface area (Å²) >= 11 is 0. The SMILES string of the molecule is COC(=O)C[C@H]1CCC[C@@H](NCc2ccc(C(F)(F)F)cc2)[C@@H]1c1ccc(F)cc1. The molecule has 0 amide bonds. The lowest BCUT2D eigenvalue weighted by atomic mass is 9.71. The van der Waals surface area contributed by atoms with Crippen LogP contribution >= 0.6 is 0 Å². The molecule has 0 unspecified atom stereocenters. The van der Waals surface area contributed by atoms with Crippen molar-refractivity contribution in [2.75, 3.05) is 7.11 Å². The van der Waals surface area contributed by atoms with Gasteiger partial charge in [0.2, 0.25) is 0 Å². The summed E-state index contributed by atoms with van der Waals surface area (Å²) < 4.78 is 56.6.